The van der Waals surface area contributed by atoms with E-state index >= 15 is 0 Å². The molecule has 2 unspecified atom stereocenters. The Balaban J connectivity index is 1.27. The lowest BCUT2D eigenvalue weighted by Crippen LogP contribution is -2.47. The van der Waals surface area contributed by atoms with E-state index in [0.29, 0.717) is 31.4 Å². The number of hydrogen-bond donors (Lipinski definition) is 1. The predicted octanol–water partition coefficient (Wildman–Crippen LogP) is 4.14. The highest BCUT2D eigenvalue weighted by molar-refractivity contribution is 5.88. The molecular weight excluding hydrogens is 488 g/mol. The number of nitrogens with one attached hydrogen (secondary N) is 1. The van der Waals surface area contributed by atoms with Gasteiger partial charge in [0.05, 0.1) is 12.3 Å². The zero-order chi connectivity index (χ0) is 26.2. The topological polar surface area (TPSA) is 127 Å². The molecule has 1 N–H and O–H groups in total. The van der Waals surface area contributed by atoms with Gasteiger partial charge in [-0.1, -0.05) is 47.6 Å². The number of amides is 1. The summed E-state index contributed by atoms with van der Waals surface area (Å²) in [6, 6.07) is 15.1. The maximum Gasteiger partial charge on any atom is 0.410 e. The van der Waals surface area contributed by atoms with Crippen LogP contribution in [0.2, 0.25) is 0 Å². The molecule has 4 aromatic rings. The maximum absolute atomic E-state index is 13.1. The van der Waals surface area contributed by atoms with Crippen molar-refractivity contribution in [3.05, 3.63) is 80.4 Å². The lowest BCUT2D eigenvalue weighted by molar-refractivity contribution is 0.0856. The van der Waals surface area contributed by atoms with E-state index in [1.165, 1.54) is 6.07 Å². The van der Waals surface area contributed by atoms with E-state index in [0.717, 1.165) is 34.9 Å². The van der Waals surface area contributed by atoms with Crippen molar-refractivity contribution in [3.63, 3.8) is 0 Å². The van der Waals surface area contributed by atoms with E-state index < -0.39 is 11.2 Å². The monoisotopic (exact) mass is 514 g/mol. The second-order valence-corrected chi connectivity index (χ2v) is 9.61. The van der Waals surface area contributed by atoms with Crippen LogP contribution in [0.15, 0.2) is 67.7 Å². The first kappa shape index (κ1) is 23.9. The number of carbonyl (C=O) groups excluding carboxylic acids is 1. The Labute approximate surface area is 216 Å². The molecule has 2 aromatic heterocycles. The van der Waals surface area contributed by atoms with E-state index in [1.807, 2.05) is 42.5 Å². The SMILES string of the molecule is CCOC(=O)N1C2CCC1CC(=NOc1nc3oc(=O)cc(Cc4cccc5ccccc45)c3c(=O)[nH]1)C2. The highest BCUT2D eigenvalue weighted by Crippen LogP contribution is 2.35. The number of ether oxygens (including phenoxy) is 1. The van der Waals surface area contributed by atoms with Crippen molar-refractivity contribution in [2.45, 2.75) is 51.1 Å². The molecule has 2 bridgehead atoms. The minimum absolute atomic E-state index is 0.00779. The average molecular weight is 515 g/mol. The summed E-state index contributed by atoms with van der Waals surface area (Å²) in [6.07, 6.45) is 2.91. The number of piperidine rings is 1. The number of carbonyl (C=O) groups is 1. The lowest BCUT2D eigenvalue weighted by Gasteiger charge is -2.34. The van der Waals surface area contributed by atoms with Crippen LogP contribution in [0.3, 0.4) is 0 Å². The molecule has 2 saturated heterocycles. The third kappa shape index (κ3) is 4.42. The van der Waals surface area contributed by atoms with Gasteiger partial charge in [0, 0.05) is 31.0 Å². The molecule has 2 atom stereocenters. The maximum atomic E-state index is 13.1. The molecule has 10 nitrogen and oxygen atoms in total. The summed E-state index contributed by atoms with van der Waals surface area (Å²) in [5.41, 5.74) is 1.07. The van der Waals surface area contributed by atoms with Crippen LogP contribution in [0.25, 0.3) is 21.9 Å². The van der Waals surface area contributed by atoms with Gasteiger partial charge in [-0.25, -0.2) is 9.59 Å². The zero-order valence-electron chi connectivity index (χ0n) is 20.8. The highest BCUT2D eigenvalue weighted by Gasteiger charge is 2.43. The zero-order valence-corrected chi connectivity index (χ0v) is 20.8. The van der Waals surface area contributed by atoms with Gasteiger partial charge in [0.25, 0.3) is 5.56 Å². The van der Waals surface area contributed by atoms with Crippen LogP contribution in [-0.2, 0) is 11.2 Å². The number of aromatic nitrogens is 2. The van der Waals surface area contributed by atoms with Crippen molar-refractivity contribution < 1.29 is 18.8 Å². The summed E-state index contributed by atoms with van der Waals surface area (Å²) in [5.74, 6) is 0. The smallest absolute Gasteiger partial charge is 0.410 e. The molecule has 10 heteroatoms. The third-order valence-electron chi connectivity index (χ3n) is 7.24. The Morgan fingerprint density at radius 1 is 1.11 bits per heavy atom. The van der Waals surface area contributed by atoms with Crippen molar-refractivity contribution in [2.75, 3.05) is 6.61 Å². The van der Waals surface area contributed by atoms with Crippen molar-refractivity contribution in [3.8, 4) is 6.01 Å². The normalized spacial score (nSPS) is 18.7. The Bertz CT molecular complexity index is 1670. The fourth-order valence-corrected chi connectivity index (χ4v) is 5.63. The first-order chi connectivity index (χ1) is 18.5. The second-order valence-electron chi connectivity index (χ2n) is 9.61. The molecule has 194 valence electrons. The molecule has 4 heterocycles. The Hall–Kier alpha value is -4.47. The van der Waals surface area contributed by atoms with E-state index in [-0.39, 0.29) is 35.3 Å². The highest BCUT2D eigenvalue weighted by atomic mass is 16.6. The van der Waals surface area contributed by atoms with E-state index in [2.05, 4.69) is 15.1 Å². The Morgan fingerprint density at radius 3 is 2.66 bits per heavy atom. The standard InChI is InChI=1S/C28H26N4O6/c1-2-36-28(35)32-20-10-11-21(32)15-19(14-20)31-38-27-29-25(34)24-18(13-23(33)37-26(24)30-27)12-17-8-5-7-16-6-3-4-9-22(16)17/h3-9,13,20-21H,2,10-12,14-15H2,1H3,(H,29,30,34). The molecule has 2 fully saturated rings. The number of benzene rings is 2. The van der Waals surface area contributed by atoms with Crippen LogP contribution in [0, 0.1) is 0 Å². The number of H-pyrrole nitrogens is 1. The Kier molecular flexibility index (Phi) is 6.15. The van der Waals surface area contributed by atoms with Crippen molar-refractivity contribution in [1.82, 2.24) is 14.9 Å². The summed E-state index contributed by atoms with van der Waals surface area (Å²) in [7, 11) is 0. The van der Waals surface area contributed by atoms with Crippen LogP contribution in [0.4, 0.5) is 4.79 Å². The molecule has 0 aliphatic carbocycles. The van der Waals surface area contributed by atoms with Gasteiger partial charge in [-0.3, -0.25) is 9.78 Å². The summed E-state index contributed by atoms with van der Waals surface area (Å²) in [4.78, 5) is 51.9. The number of hydrogen-bond acceptors (Lipinski definition) is 8. The first-order valence-corrected chi connectivity index (χ1v) is 12.7. The number of oxime groups is 1. The second kappa shape index (κ2) is 9.77. The van der Waals surface area contributed by atoms with Gasteiger partial charge >= 0.3 is 17.7 Å². The minimum atomic E-state index is -0.606. The number of nitrogens with zero attached hydrogens (tertiary/aromatic N) is 3. The van der Waals surface area contributed by atoms with E-state index in [1.54, 1.807) is 11.8 Å². The quantitative estimate of drug-likeness (QED) is 0.397. The van der Waals surface area contributed by atoms with Gasteiger partial charge in [-0.2, -0.15) is 4.98 Å². The van der Waals surface area contributed by atoms with Gasteiger partial charge in [-0.05, 0) is 48.1 Å². The summed E-state index contributed by atoms with van der Waals surface area (Å²) >= 11 is 0. The molecule has 0 saturated carbocycles. The van der Waals surface area contributed by atoms with E-state index in [9.17, 15) is 14.4 Å². The van der Waals surface area contributed by atoms with Gasteiger partial charge in [0.15, 0.2) is 0 Å². The molecule has 2 aliphatic heterocycles. The molecule has 38 heavy (non-hydrogen) atoms. The predicted molar refractivity (Wildman–Crippen MR) is 141 cm³/mol. The first-order valence-electron chi connectivity index (χ1n) is 12.7. The molecule has 2 aromatic carbocycles. The molecule has 1 amide bonds. The minimum Gasteiger partial charge on any atom is -0.450 e. The Morgan fingerprint density at radius 2 is 1.87 bits per heavy atom. The summed E-state index contributed by atoms with van der Waals surface area (Å²) < 4.78 is 10.5. The van der Waals surface area contributed by atoms with Crippen LogP contribution in [-0.4, -0.2) is 45.4 Å². The molecular formula is C28H26N4O6. The number of aromatic amines is 1. The largest absolute Gasteiger partial charge is 0.450 e. The van der Waals surface area contributed by atoms with Gasteiger partial charge in [0.2, 0.25) is 5.71 Å². The van der Waals surface area contributed by atoms with Crippen LogP contribution in [0.1, 0.15) is 43.7 Å². The van der Waals surface area contributed by atoms with Gasteiger partial charge in [0.1, 0.15) is 5.39 Å². The number of rotatable bonds is 5. The summed E-state index contributed by atoms with van der Waals surface area (Å²) in [5, 5.41) is 6.52. The fraction of sp³-hybridized carbons (Fsp3) is 0.321. The molecule has 0 spiro atoms. The third-order valence-corrected chi connectivity index (χ3v) is 7.24. The molecule has 0 radical (unpaired) electrons. The summed E-state index contributed by atoms with van der Waals surface area (Å²) in [6.45, 7) is 2.12. The molecule has 2 aliphatic rings. The van der Waals surface area contributed by atoms with Gasteiger partial charge < -0.3 is 18.9 Å². The van der Waals surface area contributed by atoms with E-state index in [4.69, 9.17) is 14.0 Å². The van der Waals surface area contributed by atoms with Gasteiger partial charge in [-0.15, -0.1) is 0 Å². The molecule has 6 rings (SSSR count). The fourth-order valence-electron chi connectivity index (χ4n) is 5.63. The van der Waals surface area contributed by atoms with Crippen LogP contribution >= 0.6 is 0 Å². The number of fused-ring (bicyclic) bond motifs is 4. The van der Waals surface area contributed by atoms with Crippen molar-refractivity contribution in [2.24, 2.45) is 5.16 Å². The van der Waals surface area contributed by atoms with Crippen molar-refractivity contribution >= 4 is 33.7 Å². The lowest BCUT2D eigenvalue weighted by atomic mass is 9.98. The average Bonchev–Trinajstić information content (AvgIpc) is 3.17. The van der Waals surface area contributed by atoms with Crippen LogP contribution in [0.5, 0.6) is 6.01 Å². The van der Waals surface area contributed by atoms with Crippen LogP contribution < -0.4 is 16.0 Å². The van der Waals surface area contributed by atoms with Crippen molar-refractivity contribution in [1.29, 1.82) is 0 Å².